The van der Waals surface area contributed by atoms with E-state index in [1.807, 2.05) is 30.5 Å². The molecule has 0 bridgehead atoms. The van der Waals surface area contributed by atoms with Gasteiger partial charge in [0.05, 0.1) is 12.6 Å². The maximum absolute atomic E-state index is 5.34. The number of fused-ring (bicyclic) bond motifs is 3. The smallest absolute Gasteiger partial charge is 0.122 e. The van der Waals surface area contributed by atoms with Crippen LogP contribution in [0.4, 0.5) is 0 Å². The molecule has 0 unspecified atom stereocenters. The monoisotopic (exact) mass is 223 g/mol. The molecule has 2 heteroatoms. The van der Waals surface area contributed by atoms with Gasteiger partial charge in [0.2, 0.25) is 0 Å². The Morgan fingerprint density at radius 3 is 2.71 bits per heavy atom. The van der Waals surface area contributed by atoms with Gasteiger partial charge in [0.25, 0.3) is 0 Å². The van der Waals surface area contributed by atoms with E-state index in [9.17, 15) is 0 Å². The van der Waals surface area contributed by atoms with Crippen LogP contribution in [0, 0.1) is 6.92 Å². The number of benzene rings is 2. The molecule has 3 aromatic rings. The Bertz CT molecular complexity index is 704. The van der Waals surface area contributed by atoms with Crippen molar-refractivity contribution < 1.29 is 4.74 Å². The summed E-state index contributed by atoms with van der Waals surface area (Å²) in [6, 6.07) is 12.4. The maximum atomic E-state index is 5.34. The Balaban J connectivity index is 2.46. The van der Waals surface area contributed by atoms with E-state index in [1.165, 1.54) is 10.8 Å². The van der Waals surface area contributed by atoms with Crippen LogP contribution in [-0.4, -0.2) is 12.1 Å². The number of ether oxygens (including phenoxy) is 1. The minimum Gasteiger partial charge on any atom is -0.496 e. The quantitative estimate of drug-likeness (QED) is 0.587. The second-order valence-corrected chi connectivity index (χ2v) is 4.18. The van der Waals surface area contributed by atoms with Crippen LogP contribution in [0.15, 0.2) is 42.6 Å². The van der Waals surface area contributed by atoms with Gasteiger partial charge < -0.3 is 4.74 Å². The van der Waals surface area contributed by atoms with Gasteiger partial charge in [-0.25, -0.2) is 0 Å². The normalized spacial score (nSPS) is 10.9. The second kappa shape index (κ2) is 3.74. The summed E-state index contributed by atoms with van der Waals surface area (Å²) in [5, 5.41) is 3.54. The van der Waals surface area contributed by atoms with E-state index >= 15 is 0 Å². The molecule has 0 aliphatic carbocycles. The number of hydrogen-bond donors (Lipinski definition) is 0. The SMILES string of the molecule is COc1cc2cnc3ccccc3c2cc1C. The number of pyridine rings is 1. The lowest BCUT2D eigenvalue weighted by Crippen LogP contribution is -1.89. The first-order chi connectivity index (χ1) is 8.29. The third-order valence-electron chi connectivity index (χ3n) is 3.10. The first kappa shape index (κ1) is 10.1. The molecule has 2 nitrogen and oxygen atoms in total. The van der Waals surface area contributed by atoms with Crippen LogP contribution in [0.2, 0.25) is 0 Å². The molecule has 0 N–H and O–H groups in total. The van der Waals surface area contributed by atoms with Crippen LogP contribution in [-0.2, 0) is 0 Å². The van der Waals surface area contributed by atoms with Gasteiger partial charge in [-0.15, -0.1) is 0 Å². The second-order valence-electron chi connectivity index (χ2n) is 4.18. The highest BCUT2D eigenvalue weighted by molar-refractivity contribution is 6.06. The molecule has 3 rings (SSSR count). The molecule has 84 valence electrons. The fraction of sp³-hybridized carbons (Fsp3) is 0.133. The third kappa shape index (κ3) is 1.53. The maximum Gasteiger partial charge on any atom is 0.122 e. The molecule has 0 saturated carbocycles. The van der Waals surface area contributed by atoms with Crippen LogP contribution in [0.5, 0.6) is 5.75 Å². The number of hydrogen-bond acceptors (Lipinski definition) is 2. The molecule has 0 fully saturated rings. The van der Waals surface area contributed by atoms with Gasteiger partial charge in [-0.2, -0.15) is 0 Å². The molecule has 1 aromatic heterocycles. The molecular weight excluding hydrogens is 210 g/mol. The number of methoxy groups -OCH3 is 1. The summed E-state index contributed by atoms with van der Waals surface area (Å²) in [5.41, 5.74) is 2.18. The van der Waals surface area contributed by atoms with Crippen LogP contribution >= 0.6 is 0 Å². The van der Waals surface area contributed by atoms with Crippen LogP contribution < -0.4 is 4.74 Å². The molecular formula is C15H13NO. The van der Waals surface area contributed by atoms with Gasteiger partial charge in [0.15, 0.2) is 0 Å². The van der Waals surface area contributed by atoms with E-state index in [0.717, 1.165) is 22.2 Å². The van der Waals surface area contributed by atoms with Gasteiger partial charge in [-0.1, -0.05) is 18.2 Å². The fourth-order valence-corrected chi connectivity index (χ4v) is 2.22. The van der Waals surface area contributed by atoms with Crippen molar-refractivity contribution in [2.75, 3.05) is 7.11 Å². The first-order valence-corrected chi connectivity index (χ1v) is 5.61. The lowest BCUT2D eigenvalue weighted by atomic mass is 10.0. The average molecular weight is 223 g/mol. The van der Waals surface area contributed by atoms with E-state index in [2.05, 4.69) is 24.0 Å². The molecule has 17 heavy (non-hydrogen) atoms. The zero-order chi connectivity index (χ0) is 11.8. The predicted octanol–water partition coefficient (Wildman–Crippen LogP) is 3.71. The van der Waals surface area contributed by atoms with Gasteiger partial charge in [-0.3, -0.25) is 4.98 Å². The summed E-state index contributed by atoms with van der Waals surface area (Å²) >= 11 is 0. The van der Waals surface area contributed by atoms with E-state index in [4.69, 9.17) is 4.74 Å². The van der Waals surface area contributed by atoms with Gasteiger partial charge >= 0.3 is 0 Å². The van der Waals surface area contributed by atoms with E-state index in [-0.39, 0.29) is 0 Å². The summed E-state index contributed by atoms with van der Waals surface area (Å²) < 4.78 is 5.34. The van der Waals surface area contributed by atoms with Crippen LogP contribution in [0.25, 0.3) is 21.7 Å². The molecule has 0 spiro atoms. The summed E-state index contributed by atoms with van der Waals surface area (Å²) in [4.78, 5) is 4.46. The lowest BCUT2D eigenvalue weighted by molar-refractivity contribution is 0.412. The van der Waals surface area contributed by atoms with Crippen molar-refractivity contribution >= 4 is 21.7 Å². The van der Waals surface area contributed by atoms with Gasteiger partial charge in [-0.05, 0) is 36.1 Å². The number of aromatic nitrogens is 1. The minimum absolute atomic E-state index is 0.912. The Morgan fingerprint density at radius 1 is 1.06 bits per heavy atom. The number of para-hydroxylation sites is 1. The standard InChI is InChI=1S/C15H13NO/c1-10-7-13-11(8-15(10)17-2)9-16-14-6-4-3-5-12(13)14/h3-9H,1-2H3. The van der Waals surface area contributed by atoms with E-state index in [1.54, 1.807) is 7.11 Å². The van der Waals surface area contributed by atoms with Gasteiger partial charge in [0.1, 0.15) is 5.75 Å². The van der Waals surface area contributed by atoms with E-state index in [0.29, 0.717) is 0 Å². The summed E-state index contributed by atoms with van der Waals surface area (Å²) in [7, 11) is 1.70. The van der Waals surface area contributed by atoms with Crippen molar-refractivity contribution in [3.05, 3.63) is 48.2 Å². The van der Waals surface area contributed by atoms with Crippen molar-refractivity contribution in [2.24, 2.45) is 0 Å². The fourth-order valence-electron chi connectivity index (χ4n) is 2.22. The minimum atomic E-state index is 0.912. The highest BCUT2D eigenvalue weighted by Crippen LogP contribution is 2.29. The first-order valence-electron chi connectivity index (χ1n) is 5.61. The molecule has 0 radical (unpaired) electrons. The van der Waals surface area contributed by atoms with Crippen LogP contribution in [0.1, 0.15) is 5.56 Å². The van der Waals surface area contributed by atoms with Crippen molar-refractivity contribution in [1.29, 1.82) is 0 Å². The van der Waals surface area contributed by atoms with Crippen molar-refractivity contribution in [3.8, 4) is 5.75 Å². The zero-order valence-corrected chi connectivity index (χ0v) is 9.90. The van der Waals surface area contributed by atoms with E-state index < -0.39 is 0 Å². The van der Waals surface area contributed by atoms with Crippen molar-refractivity contribution in [2.45, 2.75) is 6.92 Å². The molecule has 0 amide bonds. The highest BCUT2D eigenvalue weighted by Gasteiger charge is 2.05. The molecule has 0 atom stereocenters. The summed E-state index contributed by atoms with van der Waals surface area (Å²) in [5.74, 6) is 0.912. The topological polar surface area (TPSA) is 22.1 Å². The average Bonchev–Trinajstić information content (AvgIpc) is 2.38. The predicted molar refractivity (Wildman–Crippen MR) is 70.5 cm³/mol. The molecule has 0 saturated heterocycles. The molecule has 0 aliphatic rings. The third-order valence-corrected chi connectivity index (χ3v) is 3.10. The Kier molecular flexibility index (Phi) is 2.22. The Labute approximate surface area is 99.9 Å². The Morgan fingerprint density at radius 2 is 1.88 bits per heavy atom. The zero-order valence-electron chi connectivity index (χ0n) is 9.90. The molecule has 1 heterocycles. The largest absolute Gasteiger partial charge is 0.496 e. The van der Waals surface area contributed by atoms with Crippen molar-refractivity contribution in [1.82, 2.24) is 4.98 Å². The Hall–Kier alpha value is -2.09. The van der Waals surface area contributed by atoms with Crippen molar-refractivity contribution in [3.63, 3.8) is 0 Å². The highest BCUT2D eigenvalue weighted by atomic mass is 16.5. The molecule has 0 aliphatic heterocycles. The number of aryl methyl sites for hydroxylation is 1. The lowest BCUT2D eigenvalue weighted by Gasteiger charge is -2.08. The number of rotatable bonds is 1. The summed E-state index contributed by atoms with van der Waals surface area (Å²) in [6.07, 6.45) is 1.90. The summed E-state index contributed by atoms with van der Waals surface area (Å²) in [6.45, 7) is 2.06. The molecule has 2 aromatic carbocycles. The van der Waals surface area contributed by atoms with Gasteiger partial charge in [0, 0.05) is 17.0 Å². The number of nitrogens with zero attached hydrogens (tertiary/aromatic N) is 1. The van der Waals surface area contributed by atoms with Crippen LogP contribution in [0.3, 0.4) is 0 Å².